The topological polar surface area (TPSA) is 56.0 Å². The van der Waals surface area contributed by atoms with Crippen LogP contribution >= 0.6 is 23.4 Å². The maximum Gasteiger partial charge on any atom is 0.358 e. The van der Waals surface area contributed by atoms with Gasteiger partial charge >= 0.3 is 11.2 Å². The molecule has 0 bridgehead atoms. The van der Waals surface area contributed by atoms with Crippen LogP contribution in [0, 0.1) is 5.82 Å². The Labute approximate surface area is 173 Å². The zero-order valence-electron chi connectivity index (χ0n) is 16.1. The molecule has 1 atom stereocenters. The van der Waals surface area contributed by atoms with Crippen molar-refractivity contribution in [2.24, 2.45) is 4.99 Å². The largest absolute Gasteiger partial charge is 0.358 e. The minimum absolute atomic E-state index is 0.288. The van der Waals surface area contributed by atoms with Crippen molar-refractivity contribution in [2.45, 2.75) is 38.0 Å². The second-order valence-electron chi connectivity index (χ2n) is 6.78. The number of amidine groups is 2. The number of amides is 3. The molecule has 6 nitrogen and oxygen atoms in total. The van der Waals surface area contributed by atoms with Gasteiger partial charge in [-0.2, -0.15) is 0 Å². The molecule has 0 N–H and O–H groups in total. The van der Waals surface area contributed by atoms with E-state index in [1.807, 2.05) is 4.58 Å². The lowest BCUT2D eigenvalue weighted by Crippen LogP contribution is -2.61. The predicted molar refractivity (Wildman–Crippen MR) is 110 cm³/mol. The van der Waals surface area contributed by atoms with E-state index < -0.39 is 12.1 Å². The Morgan fingerprint density at radius 1 is 1.25 bits per heavy atom. The highest BCUT2D eigenvalue weighted by atomic mass is 35.5. The molecule has 150 valence electrons. The van der Waals surface area contributed by atoms with Crippen molar-refractivity contribution in [3.63, 3.8) is 0 Å². The summed E-state index contributed by atoms with van der Waals surface area (Å²) < 4.78 is 16.0. The van der Waals surface area contributed by atoms with Crippen LogP contribution in [0.1, 0.15) is 31.7 Å². The van der Waals surface area contributed by atoms with Gasteiger partial charge in [0.15, 0.2) is 0 Å². The van der Waals surface area contributed by atoms with Crippen molar-refractivity contribution < 1.29 is 18.6 Å². The second-order valence-corrected chi connectivity index (χ2v) is 8.13. The molecule has 1 fully saturated rings. The van der Waals surface area contributed by atoms with Crippen LogP contribution in [0.2, 0.25) is 5.02 Å². The van der Waals surface area contributed by atoms with Crippen LogP contribution in [0.4, 0.5) is 9.18 Å². The summed E-state index contributed by atoms with van der Waals surface area (Å²) in [5, 5.41) is 0.968. The summed E-state index contributed by atoms with van der Waals surface area (Å²) in [4.78, 5) is 32.2. The third-order valence-electron chi connectivity index (χ3n) is 4.90. The number of benzene rings is 1. The molecule has 0 saturated carbocycles. The Balaban J connectivity index is 1.91. The lowest BCUT2D eigenvalue weighted by molar-refractivity contribution is -0.533. The smallest absolute Gasteiger partial charge is 0.269 e. The fraction of sp³-hybridized carbons (Fsp3) is 0.474. The van der Waals surface area contributed by atoms with E-state index in [9.17, 15) is 14.0 Å². The van der Waals surface area contributed by atoms with Crippen LogP contribution in [0.25, 0.3) is 0 Å². The Morgan fingerprint density at radius 3 is 2.68 bits per heavy atom. The van der Waals surface area contributed by atoms with E-state index in [-0.39, 0.29) is 17.5 Å². The number of hydrogen-bond donors (Lipinski definition) is 0. The molecule has 1 saturated heterocycles. The number of halogens is 2. The summed E-state index contributed by atoms with van der Waals surface area (Å²) in [7, 11) is 3.09. The van der Waals surface area contributed by atoms with Gasteiger partial charge in [0.1, 0.15) is 5.82 Å². The highest BCUT2D eigenvalue weighted by Crippen LogP contribution is 2.28. The maximum atomic E-state index is 14.1. The van der Waals surface area contributed by atoms with Crippen molar-refractivity contribution in [3.05, 3.63) is 34.6 Å². The number of imide groups is 1. The molecule has 0 spiro atoms. The van der Waals surface area contributed by atoms with E-state index in [2.05, 4.69) is 11.9 Å². The van der Waals surface area contributed by atoms with Gasteiger partial charge in [-0.15, -0.1) is 0 Å². The maximum absolute atomic E-state index is 14.1. The SMILES string of the molecule is CCCCC[N+]1=C(SCc2c(F)cccc2Cl)N=C2C1C(=O)N(C)C(=O)N2C. The molecule has 2 aliphatic rings. The summed E-state index contributed by atoms with van der Waals surface area (Å²) in [5.41, 5.74) is 0.401. The monoisotopic (exact) mass is 425 g/mol. The molecule has 0 aromatic heterocycles. The normalized spacial score (nSPS) is 19.5. The first-order valence-corrected chi connectivity index (χ1v) is 10.6. The van der Waals surface area contributed by atoms with Crippen molar-refractivity contribution in [2.75, 3.05) is 20.6 Å². The number of urea groups is 1. The molecule has 1 aromatic carbocycles. The van der Waals surface area contributed by atoms with Gasteiger partial charge in [0.25, 0.3) is 17.8 Å². The van der Waals surface area contributed by atoms with Crippen LogP contribution in [0.5, 0.6) is 0 Å². The number of carbonyl (C=O) groups is 2. The van der Waals surface area contributed by atoms with Gasteiger partial charge in [-0.3, -0.25) is 14.6 Å². The number of rotatable bonds is 6. The molecule has 1 aromatic rings. The molecule has 1 unspecified atom stereocenters. The predicted octanol–water partition coefficient (Wildman–Crippen LogP) is 3.58. The second kappa shape index (κ2) is 8.61. The Hall–Kier alpha value is -1.93. The number of unbranched alkanes of at least 4 members (excludes halogenated alkanes) is 2. The minimum Gasteiger partial charge on any atom is -0.269 e. The zero-order chi connectivity index (χ0) is 20.4. The quantitative estimate of drug-likeness (QED) is 0.517. The van der Waals surface area contributed by atoms with Crippen molar-refractivity contribution in [3.8, 4) is 0 Å². The molecule has 3 rings (SSSR count). The van der Waals surface area contributed by atoms with E-state index >= 15 is 0 Å². The molecule has 3 amide bonds. The minimum atomic E-state index is -0.622. The number of nitrogens with zero attached hydrogens (tertiary/aromatic N) is 4. The Bertz CT molecular complexity index is 853. The standard InChI is InChI=1S/C19H23ClFN4O2S/c1-4-5-6-10-25-15-16(23(2)19(27)24(3)17(15)26)22-18(25)28-11-12-13(20)8-7-9-14(12)21/h7-9,15H,4-6,10-11H2,1-3H3/q+1. The number of likely N-dealkylation sites (N-methyl/N-ethyl adjacent to an activating group) is 2. The average molecular weight is 426 g/mol. The zero-order valence-corrected chi connectivity index (χ0v) is 17.7. The highest BCUT2D eigenvalue weighted by molar-refractivity contribution is 8.13. The highest BCUT2D eigenvalue weighted by Gasteiger charge is 2.52. The van der Waals surface area contributed by atoms with Crippen molar-refractivity contribution in [1.29, 1.82) is 0 Å². The first kappa shape index (κ1) is 20.8. The third kappa shape index (κ3) is 3.80. The lowest BCUT2D eigenvalue weighted by atomic mass is 10.1. The number of fused-ring (bicyclic) bond motifs is 1. The number of aliphatic imine (C=N–C) groups is 1. The van der Waals surface area contributed by atoms with Gasteiger partial charge in [-0.05, 0) is 41.7 Å². The van der Waals surface area contributed by atoms with E-state index in [1.165, 1.54) is 29.8 Å². The summed E-state index contributed by atoms with van der Waals surface area (Å²) in [6, 6.07) is 3.56. The third-order valence-corrected chi connectivity index (χ3v) is 6.28. The van der Waals surface area contributed by atoms with Gasteiger partial charge in [0, 0.05) is 30.4 Å². The van der Waals surface area contributed by atoms with Crippen LogP contribution in [-0.4, -0.2) is 64.0 Å². The van der Waals surface area contributed by atoms with E-state index in [1.54, 1.807) is 19.2 Å². The molecule has 0 radical (unpaired) electrons. The Kier molecular flexibility index (Phi) is 6.40. The molecule has 9 heteroatoms. The van der Waals surface area contributed by atoms with Gasteiger partial charge < -0.3 is 0 Å². The van der Waals surface area contributed by atoms with Crippen LogP contribution in [0.15, 0.2) is 23.2 Å². The van der Waals surface area contributed by atoms with Gasteiger partial charge in [0.05, 0.1) is 6.54 Å². The summed E-state index contributed by atoms with van der Waals surface area (Å²) >= 11 is 7.46. The lowest BCUT2D eigenvalue weighted by Gasteiger charge is -2.30. The van der Waals surface area contributed by atoms with E-state index in [4.69, 9.17) is 11.6 Å². The van der Waals surface area contributed by atoms with Gasteiger partial charge in [0.2, 0.25) is 0 Å². The molecule has 2 heterocycles. The summed E-state index contributed by atoms with van der Waals surface area (Å²) in [5.74, 6) is 0.0463. The summed E-state index contributed by atoms with van der Waals surface area (Å²) in [6.45, 7) is 2.75. The number of hydrogen-bond acceptors (Lipinski definition) is 4. The van der Waals surface area contributed by atoms with Gasteiger partial charge in [-0.1, -0.05) is 31.0 Å². The fourth-order valence-electron chi connectivity index (χ4n) is 3.26. The van der Waals surface area contributed by atoms with Crippen molar-refractivity contribution >= 4 is 46.3 Å². The van der Waals surface area contributed by atoms with Crippen LogP contribution in [0.3, 0.4) is 0 Å². The first-order chi connectivity index (χ1) is 13.4. The molecule has 28 heavy (non-hydrogen) atoms. The molecule has 2 aliphatic heterocycles. The first-order valence-electron chi connectivity index (χ1n) is 9.20. The number of carbonyl (C=O) groups excluding carboxylic acids is 2. The number of thioether (sulfide) groups is 1. The molecular weight excluding hydrogens is 403 g/mol. The molecular formula is C19H23ClFN4O2S+. The van der Waals surface area contributed by atoms with E-state index in [0.717, 1.165) is 24.2 Å². The van der Waals surface area contributed by atoms with Crippen molar-refractivity contribution in [1.82, 2.24) is 9.80 Å². The van der Waals surface area contributed by atoms with Gasteiger partial charge in [-0.25, -0.2) is 13.8 Å². The average Bonchev–Trinajstić information content (AvgIpc) is 3.03. The fourth-order valence-corrected chi connectivity index (χ4v) is 4.65. The Morgan fingerprint density at radius 2 is 2.00 bits per heavy atom. The molecule has 0 aliphatic carbocycles. The summed E-state index contributed by atoms with van der Waals surface area (Å²) in [6.07, 6.45) is 2.97. The van der Waals surface area contributed by atoms with Crippen LogP contribution < -0.4 is 0 Å². The van der Waals surface area contributed by atoms with Crippen LogP contribution in [-0.2, 0) is 10.5 Å². The van der Waals surface area contributed by atoms with E-state index in [0.29, 0.717) is 28.1 Å².